The van der Waals surface area contributed by atoms with Crippen LogP contribution >= 0.6 is 0 Å². The van der Waals surface area contributed by atoms with E-state index in [1.54, 1.807) is 0 Å². The summed E-state index contributed by atoms with van der Waals surface area (Å²) in [5.41, 5.74) is -0.838. The van der Waals surface area contributed by atoms with Gasteiger partial charge in [0.05, 0.1) is 0 Å². The first-order valence-corrected chi connectivity index (χ1v) is 7.09. The Hall–Kier alpha value is -0.110. The molecule has 0 aromatic heterocycles. The largest absolute Gasteiger partial charge is 0.303 e. The topological polar surface area (TPSA) is 3.24 Å². The van der Waals surface area contributed by atoms with Gasteiger partial charge >= 0.3 is 0 Å². The fourth-order valence-electron chi connectivity index (χ4n) is 3.36. The molecule has 1 aliphatic heterocycles. The molecule has 1 unspecified atom stereocenters. The van der Waals surface area contributed by atoms with Gasteiger partial charge in [-0.2, -0.15) is 0 Å². The van der Waals surface area contributed by atoms with E-state index in [2.05, 4.69) is 11.8 Å². The first-order chi connectivity index (χ1) is 7.68. The Labute approximate surface area is 99.4 Å². The number of alkyl halides is 1. The molecule has 0 amide bonds. The highest BCUT2D eigenvalue weighted by molar-refractivity contribution is 4.86. The molecule has 2 heteroatoms. The standard InChI is InChI=1S/C14H26FN/c1-13-6-5-7-14(15,12-13)8-11-16-9-3-2-4-10-16/h13H,2-12H2,1H3/t13?,14-/m1/s1. The van der Waals surface area contributed by atoms with Gasteiger partial charge in [0.1, 0.15) is 5.67 Å². The van der Waals surface area contributed by atoms with Crippen LogP contribution in [0.4, 0.5) is 4.39 Å². The third-order valence-corrected chi connectivity index (χ3v) is 4.36. The lowest BCUT2D eigenvalue weighted by Crippen LogP contribution is -2.37. The van der Waals surface area contributed by atoms with Gasteiger partial charge in [-0.15, -0.1) is 0 Å². The Morgan fingerprint density at radius 3 is 2.62 bits per heavy atom. The molecule has 0 radical (unpaired) electrons. The van der Waals surface area contributed by atoms with E-state index in [1.165, 1.54) is 38.8 Å². The molecular weight excluding hydrogens is 201 g/mol. The Bertz CT molecular complexity index is 213. The molecule has 0 spiro atoms. The van der Waals surface area contributed by atoms with E-state index < -0.39 is 5.67 Å². The number of piperidine rings is 1. The molecule has 1 saturated carbocycles. The molecule has 2 fully saturated rings. The van der Waals surface area contributed by atoms with Crippen LogP contribution < -0.4 is 0 Å². The fraction of sp³-hybridized carbons (Fsp3) is 1.00. The maximum absolute atomic E-state index is 14.6. The second kappa shape index (κ2) is 5.48. The molecule has 94 valence electrons. The van der Waals surface area contributed by atoms with Gasteiger partial charge in [-0.25, -0.2) is 4.39 Å². The van der Waals surface area contributed by atoms with Gasteiger partial charge in [0, 0.05) is 6.54 Å². The normalized spacial score (nSPS) is 37.5. The fourth-order valence-corrected chi connectivity index (χ4v) is 3.36. The average Bonchev–Trinajstić information content (AvgIpc) is 2.28. The molecule has 2 aliphatic rings. The van der Waals surface area contributed by atoms with Crippen molar-refractivity contribution in [1.29, 1.82) is 0 Å². The van der Waals surface area contributed by atoms with Gasteiger partial charge in [0.15, 0.2) is 0 Å². The van der Waals surface area contributed by atoms with Crippen LogP contribution in [0.1, 0.15) is 58.3 Å². The van der Waals surface area contributed by atoms with Crippen molar-refractivity contribution < 1.29 is 4.39 Å². The van der Waals surface area contributed by atoms with Crippen LogP contribution in [0.15, 0.2) is 0 Å². The first kappa shape index (κ1) is 12.3. The minimum absolute atomic E-state index is 0.597. The SMILES string of the molecule is CC1CCC[C@@](F)(CCN2CCCCC2)C1. The number of likely N-dealkylation sites (tertiary alicyclic amines) is 1. The van der Waals surface area contributed by atoms with E-state index in [1.807, 2.05) is 0 Å². The van der Waals surface area contributed by atoms with Crippen molar-refractivity contribution in [3.63, 3.8) is 0 Å². The second-order valence-corrected chi connectivity index (χ2v) is 6.00. The summed E-state index contributed by atoms with van der Waals surface area (Å²) < 4.78 is 14.6. The van der Waals surface area contributed by atoms with Gasteiger partial charge in [-0.1, -0.05) is 26.2 Å². The number of halogens is 1. The summed E-state index contributed by atoms with van der Waals surface area (Å²) in [6.07, 6.45) is 8.72. The van der Waals surface area contributed by atoms with E-state index >= 15 is 0 Å². The number of hydrogen-bond acceptors (Lipinski definition) is 1. The van der Waals surface area contributed by atoms with Crippen molar-refractivity contribution in [1.82, 2.24) is 4.90 Å². The van der Waals surface area contributed by atoms with Crippen LogP contribution in [0.2, 0.25) is 0 Å². The molecule has 16 heavy (non-hydrogen) atoms. The molecule has 1 heterocycles. The molecule has 1 aliphatic carbocycles. The zero-order valence-corrected chi connectivity index (χ0v) is 10.7. The number of nitrogens with zero attached hydrogens (tertiary/aromatic N) is 1. The maximum Gasteiger partial charge on any atom is 0.112 e. The lowest BCUT2D eigenvalue weighted by molar-refractivity contribution is 0.0553. The van der Waals surface area contributed by atoms with E-state index in [0.717, 1.165) is 32.2 Å². The Balaban J connectivity index is 1.74. The summed E-state index contributed by atoms with van der Waals surface area (Å²) in [7, 11) is 0. The van der Waals surface area contributed by atoms with Gasteiger partial charge in [-0.05, 0) is 51.1 Å². The zero-order chi connectivity index (χ0) is 11.4. The van der Waals surface area contributed by atoms with Crippen LogP contribution in [-0.2, 0) is 0 Å². The van der Waals surface area contributed by atoms with E-state index in [4.69, 9.17) is 0 Å². The predicted molar refractivity (Wildman–Crippen MR) is 66.4 cm³/mol. The second-order valence-electron chi connectivity index (χ2n) is 6.00. The Morgan fingerprint density at radius 1 is 1.19 bits per heavy atom. The van der Waals surface area contributed by atoms with Gasteiger partial charge < -0.3 is 4.90 Å². The highest BCUT2D eigenvalue weighted by Crippen LogP contribution is 2.37. The zero-order valence-electron chi connectivity index (χ0n) is 10.7. The molecule has 1 saturated heterocycles. The van der Waals surface area contributed by atoms with Crippen LogP contribution in [0, 0.1) is 5.92 Å². The molecule has 0 aromatic carbocycles. The predicted octanol–water partition coefficient (Wildman–Crippen LogP) is 3.78. The molecule has 2 rings (SSSR count). The molecular formula is C14H26FN. The van der Waals surface area contributed by atoms with E-state index in [0.29, 0.717) is 5.92 Å². The Morgan fingerprint density at radius 2 is 1.94 bits per heavy atom. The minimum Gasteiger partial charge on any atom is -0.303 e. The smallest absolute Gasteiger partial charge is 0.112 e. The first-order valence-electron chi connectivity index (χ1n) is 7.09. The minimum atomic E-state index is -0.838. The summed E-state index contributed by atoms with van der Waals surface area (Å²) in [5, 5.41) is 0. The van der Waals surface area contributed by atoms with Crippen molar-refractivity contribution in [2.45, 2.75) is 64.0 Å². The van der Waals surface area contributed by atoms with Crippen LogP contribution in [0.3, 0.4) is 0 Å². The molecule has 0 bridgehead atoms. The van der Waals surface area contributed by atoms with Crippen molar-refractivity contribution in [3.05, 3.63) is 0 Å². The highest BCUT2D eigenvalue weighted by Gasteiger charge is 2.34. The number of rotatable bonds is 3. The van der Waals surface area contributed by atoms with Crippen LogP contribution in [0.25, 0.3) is 0 Å². The van der Waals surface area contributed by atoms with Gasteiger partial charge in [0.2, 0.25) is 0 Å². The monoisotopic (exact) mass is 227 g/mol. The van der Waals surface area contributed by atoms with Gasteiger partial charge in [-0.3, -0.25) is 0 Å². The maximum atomic E-state index is 14.6. The summed E-state index contributed by atoms with van der Waals surface area (Å²) in [6, 6.07) is 0. The summed E-state index contributed by atoms with van der Waals surface area (Å²) in [4.78, 5) is 2.46. The van der Waals surface area contributed by atoms with Crippen LogP contribution in [-0.4, -0.2) is 30.2 Å². The molecule has 0 N–H and O–H groups in total. The van der Waals surface area contributed by atoms with Crippen molar-refractivity contribution in [2.75, 3.05) is 19.6 Å². The van der Waals surface area contributed by atoms with E-state index in [-0.39, 0.29) is 0 Å². The van der Waals surface area contributed by atoms with Gasteiger partial charge in [0.25, 0.3) is 0 Å². The quantitative estimate of drug-likeness (QED) is 0.709. The number of hydrogen-bond donors (Lipinski definition) is 0. The summed E-state index contributed by atoms with van der Waals surface area (Å²) >= 11 is 0. The van der Waals surface area contributed by atoms with E-state index in [9.17, 15) is 4.39 Å². The Kier molecular flexibility index (Phi) is 4.23. The van der Waals surface area contributed by atoms with Crippen LogP contribution in [0.5, 0.6) is 0 Å². The van der Waals surface area contributed by atoms with Crippen molar-refractivity contribution in [3.8, 4) is 0 Å². The molecule has 1 nitrogen and oxygen atoms in total. The average molecular weight is 227 g/mol. The third kappa shape index (κ3) is 3.44. The lowest BCUT2D eigenvalue weighted by atomic mass is 9.78. The summed E-state index contributed by atoms with van der Waals surface area (Å²) in [6.45, 7) is 5.59. The molecule has 0 aromatic rings. The molecule has 2 atom stereocenters. The van der Waals surface area contributed by atoms with Crippen molar-refractivity contribution >= 4 is 0 Å². The van der Waals surface area contributed by atoms with Crippen molar-refractivity contribution in [2.24, 2.45) is 5.92 Å². The lowest BCUT2D eigenvalue weighted by Gasteiger charge is -2.35. The summed E-state index contributed by atoms with van der Waals surface area (Å²) in [5.74, 6) is 0.597. The highest BCUT2D eigenvalue weighted by atomic mass is 19.1. The third-order valence-electron chi connectivity index (χ3n) is 4.36.